The van der Waals surface area contributed by atoms with E-state index in [1.54, 1.807) is 6.07 Å². The van der Waals surface area contributed by atoms with Gasteiger partial charge in [0.25, 0.3) is 0 Å². The van der Waals surface area contributed by atoms with Crippen molar-refractivity contribution in [1.82, 2.24) is 4.57 Å². The molecule has 0 N–H and O–H groups in total. The highest BCUT2D eigenvalue weighted by Crippen LogP contribution is 2.51. The third kappa shape index (κ3) is 2.77. The zero-order valence-electron chi connectivity index (χ0n) is 19.9. The highest BCUT2D eigenvalue weighted by Gasteiger charge is 2.51. The number of anilines is 1. The summed E-state index contributed by atoms with van der Waals surface area (Å²) in [7, 11) is 0. The van der Waals surface area contributed by atoms with Crippen molar-refractivity contribution >= 4 is 27.5 Å². The summed E-state index contributed by atoms with van der Waals surface area (Å²) < 4.78 is 16.5. The molecule has 1 aliphatic heterocycles. The van der Waals surface area contributed by atoms with E-state index in [-0.39, 0.29) is 17.4 Å². The van der Waals surface area contributed by atoms with Crippen LogP contribution in [0.2, 0.25) is 0 Å². The second kappa shape index (κ2) is 7.57. The summed E-state index contributed by atoms with van der Waals surface area (Å²) in [6.45, 7) is 2.32. The molecular weight excluding hydrogens is 445 g/mol. The first-order valence-corrected chi connectivity index (χ1v) is 12.4. The molecule has 1 aromatic heterocycles. The van der Waals surface area contributed by atoms with Crippen LogP contribution >= 0.6 is 0 Å². The molecule has 0 saturated carbocycles. The summed E-state index contributed by atoms with van der Waals surface area (Å²) in [4.78, 5) is 2.55. The quantitative estimate of drug-likeness (QED) is 0.307. The van der Waals surface area contributed by atoms with E-state index in [2.05, 4.69) is 78.6 Å². The molecule has 2 aliphatic carbocycles. The first-order chi connectivity index (χ1) is 17.6. The average molecular weight is 470 g/mol. The summed E-state index contributed by atoms with van der Waals surface area (Å²) in [5.41, 5.74) is 5.43. The maximum Gasteiger partial charge on any atom is 0.125 e. The Morgan fingerprint density at radius 2 is 1.78 bits per heavy atom. The summed E-state index contributed by atoms with van der Waals surface area (Å²) in [5.74, 6) is 0.0198. The molecule has 36 heavy (non-hydrogen) atoms. The van der Waals surface area contributed by atoms with Crippen LogP contribution in [-0.2, 0) is 0 Å². The first-order valence-electron chi connectivity index (χ1n) is 12.4. The van der Waals surface area contributed by atoms with E-state index in [0.717, 1.165) is 39.6 Å². The minimum absolute atomic E-state index is 0.182. The molecule has 3 aliphatic rings. The standard InChI is InChI=1S/C32H24FN3/c1-32-17-7-6-10-27(32)26-9-3-5-12-29(26)36(32)23-14-16-25-24-15-13-22(33)18-30(24)35(31(25)19-23)28-11-4-2-8-21(28)20-34/h2-11,13-19,27,29H,12H2,1H3. The van der Waals surface area contributed by atoms with E-state index in [4.69, 9.17) is 0 Å². The van der Waals surface area contributed by atoms with Crippen molar-refractivity contribution in [2.75, 3.05) is 4.90 Å². The molecule has 3 nitrogen and oxygen atoms in total. The lowest BCUT2D eigenvalue weighted by atomic mass is 9.79. The Balaban J connectivity index is 1.52. The van der Waals surface area contributed by atoms with E-state index < -0.39 is 0 Å². The lowest BCUT2D eigenvalue weighted by molar-refractivity contribution is 0.494. The monoisotopic (exact) mass is 469 g/mol. The van der Waals surface area contributed by atoms with E-state index in [9.17, 15) is 9.65 Å². The van der Waals surface area contributed by atoms with Gasteiger partial charge in [0.15, 0.2) is 0 Å². The van der Waals surface area contributed by atoms with Gasteiger partial charge in [0.2, 0.25) is 0 Å². The number of hydrogen-bond acceptors (Lipinski definition) is 2. The lowest BCUT2D eigenvalue weighted by Gasteiger charge is -2.41. The summed E-state index contributed by atoms with van der Waals surface area (Å²) in [6, 6.07) is 21.6. The first kappa shape index (κ1) is 21.0. The smallest absolute Gasteiger partial charge is 0.125 e. The maximum atomic E-state index is 14.5. The van der Waals surface area contributed by atoms with Crippen molar-refractivity contribution < 1.29 is 4.39 Å². The Hall–Kier alpha value is -4.36. The van der Waals surface area contributed by atoms with Crippen LogP contribution in [0.5, 0.6) is 0 Å². The predicted molar refractivity (Wildman–Crippen MR) is 144 cm³/mol. The fourth-order valence-corrected chi connectivity index (χ4v) is 6.55. The molecule has 3 aromatic carbocycles. The largest absolute Gasteiger partial charge is 0.355 e. The van der Waals surface area contributed by atoms with Gasteiger partial charge < -0.3 is 9.47 Å². The molecule has 0 spiro atoms. The van der Waals surface area contributed by atoms with Gasteiger partial charge in [0, 0.05) is 22.4 Å². The van der Waals surface area contributed by atoms with E-state index in [1.165, 1.54) is 11.6 Å². The minimum atomic E-state index is -0.293. The number of rotatable bonds is 2. The van der Waals surface area contributed by atoms with Crippen LogP contribution in [0.25, 0.3) is 27.5 Å². The van der Waals surface area contributed by atoms with Gasteiger partial charge in [-0.15, -0.1) is 0 Å². The van der Waals surface area contributed by atoms with Gasteiger partial charge in [0.05, 0.1) is 33.9 Å². The second-order valence-corrected chi connectivity index (χ2v) is 9.99. The second-order valence-electron chi connectivity index (χ2n) is 9.99. The number of halogens is 1. The van der Waals surface area contributed by atoms with Crippen molar-refractivity contribution in [3.8, 4) is 11.8 Å². The summed E-state index contributed by atoms with van der Waals surface area (Å²) in [5, 5.41) is 11.9. The molecule has 0 bridgehead atoms. The molecule has 174 valence electrons. The zero-order chi connectivity index (χ0) is 24.4. The SMILES string of the molecule is CC12C=CC=CC1C1=CC=CCC1N2c1ccc2c3ccc(F)cc3n(-c3ccccc3C#N)c2c1. The fourth-order valence-electron chi connectivity index (χ4n) is 6.55. The minimum Gasteiger partial charge on any atom is -0.355 e. The normalized spacial score (nSPS) is 24.1. The molecule has 7 rings (SSSR count). The number of allylic oxidation sites excluding steroid dienone is 4. The third-order valence-electron chi connectivity index (χ3n) is 8.09. The lowest BCUT2D eigenvalue weighted by Crippen LogP contribution is -2.47. The summed E-state index contributed by atoms with van der Waals surface area (Å²) >= 11 is 0. The van der Waals surface area contributed by atoms with Crippen LogP contribution < -0.4 is 4.90 Å². The van der Waals surface area contributed by atoms with Gasteiger partial charge >= 0.3 is 0 Å². The Labute approximate surface area is 209 Å². The predicted octanol–water partition coefficient (Wildman–Crippen LogP) is 7.37. The topological polar surface area (TPSA) is 32.0 Å². The number of para-hydroxylation sites is 1. The average Bonchev–Trinajstić information content (AvgIpc) is 3.36. The Morgan fingerprint density at radius 1 is 0.972 bits per heavy atom. The maximum absolute atomic E-state index is 14.5. The number of aromatic nitrogens is 1. The van der Waals surface area contributed by atoms with Crippen LogP contribution in [0.4, 0.5) is 10.1 Å². The Morgan fingerprint density at radius 3 is 2.64 bits per heavy atom. The van der Waals surface area contributed by atoms with Crippen molar-refractivity contribution in [2.45, 2.75) is 24.9 Å². The number of nitriles is 1. The Kier molecular flexibility index (Phi) is 4.41. The number of nitrogens with zero attached hydrogens (tertiary/aromatic N) is 3. The van der Waals surface area contributed by atoms with Gasteiger partial charge in [0.1, 0.15) is 11.9 Å². The third-order valence-corrected chi connectivity index (χ3v) is 8.09. The number of fused-ring (bicyclic) bond motifs is 6. The summed E-state index contributed by atoms with van der Waals surface area (Å²) in [6.07, 6.45) is 16.6. The molecule has 1 saturated heterocycles. The Bertz CT molecular complexity index is 1730. The van der Waals surface area contributed by atoms with Crippen LogP contribution in [-0.4, -0.2) is 16.1 Å². The molecule has 3 unspecified atom stereocenters. The molecule has 1 fully saturated rings. The fraction of sp³-hybridized carbons (Fsp3) is 0.156. The molecule has 4 heteroatoms. The van der Waals surface area contributed by atoms with E-state index >= 15 is 0 Å². The van der Waals surface area contributed by atoms with Gasteiger partial charge in [-0.25, -0.2) is 4.39 Å². The van der Waals surface area contributed by atoms with Crippen molar-refractivity contribution in [3.63, 3.8) is 0 Å². The zero-order valence-corrected chi connectivity index (χ0v) is 19.9. The molecular formula is C32H24FN3. The van der Waals surface area contributed by atoms with Crippen LogP contribution in [0, 0.1) is 23.1 Å². The van der Waals surface area contributed by atoms with Crippen molar-refractivity contribution in [2.24, 2.45) is 5.92 Å². The number of hydrogen-bond donors (Lipinski definition) is 0. The number of benzene rings is 3. The molecule has 0 amide bonds. The highest BCUT2D eigenvalue weighted by atomic mass is 19.1. The molecule has 4 aromatic rings. The molecule has 2 heterocycles. The van der Waals surface area contributed by atoms with Gasteiger partial charge in [-0.05, 0) is 61.4 Å². The molecule has 3 atom stereocenters. The molecule has 0 radical (unpaired) electrons. The van der Waals surface area contributed by atoms with Gasteiger partial charge in [-0.3, -0.25) is 0 Å². The van der Waals surface area contributed by atoms with Crippen LogP contribution in [0.1, 0.15) is 18.9 Å². The van der Waals surface area contributed by atoms with Crippen molar-refractivity contribution in [3.05, 3.63) is 120 Å². The van der Waals surface area contributed by atoms with Crippen LogP contribution in [0.3, 0.4) is 0 Å². The van der Waals surface area contributed by atoms with E-state index in [1.807, 2.05) is 34.9 Å². The van der Waals surface area contributed by atoms with Crippen LogP contribution in [0.15, 0.2) is 109 Å². The van der Waals surface area contributed by atoms with Gasteiger partial charge in [-0.2, -0.15) is 5.26 Å². The van der Waals surface area contributed by atoms with E-state index in [0.29, 0.717) is 11.5 Å². The highest BCUT2D eigenvalue weighted by molar-refractivity contribution is 6.10. The van der Waals surface area contributed by atoms with Crippen molar-refractivity contribution in [1.29, 1.82) is 5.26 Å². The van der Waals surface area contributed by atoms with Gasteiger partial charge in [-0.1, -0.05) is 60.7 Å².